The predicted octanol–water partition coefficient (Wildman–Crippen LogP) is 5.85. The van der Waals surface area contributed by atoms with Gasteiger partial charge in [0, 0.05) is 29.6 Å². The maximum atomic E-state index is 10.2. The normalized spacial score (nSPS) is 11.2. The number of pyridine rings is 3. The van der Waals surface area contributed by atoms with E-state index in [2.05, 4.69) is 35.7 Å². The van der Waals surface area contributed by atoms with Crippen molar-refractivity contribution in [2.75, 3.05) is 0 Å². The second-order valence-electron chi connectivity index (χ2n) is 8.63. The van der Waals surface area contributed by atoms with Crippen LogP contribution >= 0.6 is 0 Å². The largest absolute Gasteiger partial charge is 0.493 e. The van der Waals surface area contributed by atoms with Crippen molar-refractivity contribution in [3.63, 3.8) is 0 Å². The lowest BCUT2D eigenvalue weighted by Crippen LogP contribution is -2.06. The van der Waals surface area contributed by atoms with E-state index < -0.39 is 0 Å². The molecule has 0 unspecified atom stereocenters. The second kappa shape index (κ2) is 10.4. The second-order valence-corrected chi connectivity index (χ2v) is 8.63. The molecule has 3 aromatic rings. The quantitative estimate of drug-likeness (QED) is 0.454. The maximum Gasteiger partial charge on any atom is 0.214 e. The summed E-state index contributed by atoms with van der Waals surface area (Å²) in [5.74, 6) is 2.07. The zero-order chi connectivity index (χ0) is 23.3. The first-order valence-electron chi connectivity index (χ1n) is 11.2. The summed E-state index contributed by atoms with van der Waals surface area (Å²) >= 11 is 0. The van der Waals surface area contributed by atoms with Crippen molar-refractivity contribution in [1.29, 1.82) is 0 Å². The van der Waals surface area contributed by atoms with Gasteiger partial charge >= 0.3 is 0 Å². The van der Waals surface area contributed by atoms with E-state index in [1.54, 1.807) is 0 Å². The van der Waals surface area contributed by atoms with Crippen molar-refractivity contribution in [2.45, 2.75) is 73.0 Å². The molecule has 3 heterocycles. The van der Waals surface area contributed by atoms with Crippen LogP contribution in [0.3, 0.4) is 0 Å². The molecule has 0 amide bonds. The molecule has 3 aromatic heterocycles. The SMILES string of the molecule is CCc1ncc(C)cc1OCc1cc(OCc2ccc(C(C)C)c(O)n2)c(C(C)C)cn1. The monoisotopic (exact) mass is 435 g/mol. The Morgan fingerprint density at radius 1 is 0.844 bits per heavy atom. The molecular formula is C26H33N3O3. The van der Waals surface area contributed by atoms with Crippen molar-refractivity contribution >= 4 is 0 Å². The van der Waals surface area contributed by atoms with Gasteiger partial charge in [-0.15, -0.1) is 0 Å². The van der Waals surface area contributed by atoms with Gasteiger partial charge in [0.2, 0.25) is 5.88 Å². The number of ether oxygens (including phenoxy) is 2. The van der Waals surface area contributed by atoms with Gasteiger partial charge in [0.15, 0.2) is 0 Å². The highest BCUT2D eigenvalue weighted by Crippen LogP contribution is 2.29. The summed E-state index contributed by atoms with van der Waals surface area (Å²) in [5, 5.41) is 10.2. The topological polar surface area (TPSA) is 77.4 Å². The van der Waals surface area contributed by atoms with Crippen molar-refractivity contribution in [3.8, 4) is 17.4 Å². The van der Waals surface area contributed by atoms with Gasteiger partial charge in [0.05, 0.1) is 17.1 Å². The van der Waals surface area contributed by atoms with Gasteiger partial charge in [0.1, 0.15) is 24.7 Å². The Balaban J connectivity index is 1.76. The van der Waals surface area contributed by atoms with Gasteiger partial charge < -0.3 is 14.6 Å². The Kier molecular flexibility index (Phi) is 7.67. The van der Waals surface area contributed by atoms with Crippen LogP contribution in [0, 0.1) is 6.92 Å². The Labute approximate surface area is 190 Å². The molecule has 0 saturated heterocycles. The third-order valence-corrected chi connectivity index (χ3v) is 5.31. The molecule has 3 rings (SSSR count). The number of aryl methyl sites for hydroxylation is 2. The molecule has 0 bridgehead atoms. The van der Waals surface area contributed by atoms with Crippen LogP contribution in [0.2, 0.25) is 0 Å². The first kappa shape index (κ1) is 23.5. The zero-order valence-corrected chi connectivity index (χ0v) is 19.8. The minimum atomic E-state index is 0.0625. The molecule has 0 aliphatic rings. The first-order chi connectivity index (χ1) is 15.3. The lowest BCUT2D eigenvalue weighted by molar-refractivity contribution is 0.283. The van der Waals surface area contributed by atoms with Crippen LogP contribution in [0.15, 0.2) is 36.7 Å². The number of aromatic hydroxyl groups is 1. The minimum absolute atomic E-state index is 0.0625. The van der Waals surface area contributed by atoms with E-state index in [4.69, 9.17) is 9.47 Å². The molecule has 32 heavy (non-hydrogen) atoms. The highest BCUT2D eigenvalue weighted by Gasteiger charge is 2.14. The van der Waals surface area contributed by atoms with E-state index >= 15 is 0 Å². The van der Waals surface area contributed by atoms with Crippen LogP contribution in [0.1, 0.15) is 80.2 Å². The van der Waals surface area contributed by atoms with Crippen molar-refractivity contribution in [1.82, 2.24) is 15.0 Å². The Bertz CT molecular complexity index is 1060. The molecule has 0 spiro atoms. The molecule has 0 aromatic carbocycles. The summed E-state index contributed by atoms with van der Waals surface area (Å²) < 4.78 is 12.2. The Morgan fingerprint density at radius 2 is 1.53 bits per heavy atom. The number of hydrogen-bond acceptors (Lipinski definition) is 6. The number of hydrogen-bond donors (Lipinski definition) is 1. The van der Waals surface area contributed by atoms with Gasteiger partial charge in [-0.3, -0.25) is 9.97 Å². The van der Waals surface area contributed by atoms with Crippen LogP contribution in [0.25, 0.3) is 0 Å². The third-order valence-electron chi connectivity index (χ3n) is 5.31. The number of rotatable bonds is 9. The smallest absolute Gasteiger partial charge is 0.214 e. The van der Waals surface area contributed by atoms with E-state index in [1.807, 2.05) is 57.4 Å². The van der Waals surface area contributed by atoms with Crippen LogP contribution in [0.5, 0.6) is 17.4 Å². The molecule has 0 aliphatic heterocycles. The zero-order valence-electron chi connectivity index (χ0n) is 19.8. The summed E-state index contributed by atoms with van der Waals surface area (Å²) in [4.78, 5) is 13.3. The fraction of sp³-hybridized carbons (Fsp3) is 0.423. The summed E-state index contributed by atoms with van der Waals surface area (Å²) in [7, 11) is 0. The summed E-state index contributed by atoms with van der Waals surface area (Å²) in [6.45, 7) is 12.9. The Hall–Kier alpha value is -3.15. The van der Waals surface area contributed by atoms with Crippen molar-refractivity contribution in [2.24, 2.45) is 0 Å². The number of aromatic nitrogens is 3. The minimum Gasteiger partial charge on any atom is -0.493 e. The maximum absolute atomic E-state index is 10.2. The first-order valence-corrected chi connectivity index (χ1v) is 11.2. The van der Waals surface area contributed by atoms with E-state index in [-0.39, 0.29) is 24.3 Å². The molecule has 170 valence electrons. The van der Waals surface area contributed by atoms with Gasteiger partial charge in [-0.05, 0) is 42.9 Å². The molecule has 6 heteroatoms. The summed E-state index contributed by atoms with van der Waals surface area (Å²) in [6, 6.07) is 7.73. The fourth-order valence-corrected chi connectivity index (χ4v) is 3.42. The highest BCUT2D eigenvalue weighted by molar-refractivity contribution is 5.37. The van der Waals surface area contributed by atoms with E-state index in [0.29, 0.717) is 12.3 Å². The summed E-state index contributed by atoms with van der Waals surface area (Å²) in [5.41, 5.74) is 5.29. The van der Waals surface area contributed by atoms with E-state index in [0.717, 1.165) is 46.0 Å². The molecule has 0 radical (unpaired) electrons. The van der Waals surface area contributed by atoms with Crippen molar-refractivity contribution in [3.05, 3.63) is 70.4 Å². The summed E-state index contributed by atoms with van der Waals surface area (Å²) in [6.07, 6.45) is 4.51. The highest BCUT2D eigenvalue weighted by atomic mass is 16.5. The number of nitrogens with zero attached hydrogens (tertiary/aromatic N) is 3. The molecule has 0 atom stereocenters. The average molecular weight is 436 g/mol. The van der Waals surface area contributed by atoms with Crippen molar-refractivity contribution < 1.29 is 14.6 Å². The Morgan fingerprint density at radius 3 is 2.19 bits per heavy atom. The fourth-order valence-electron chi connectivity index (χ4n) is 3.42. The van der Waals surface area contributed by atoms with Gasteiger partial charge in [0.25, 0.3) is 0 Å². The average Bonchev–Trinajstić information content (AvgIpc) is 2.76. The van der Waals surface area contributed by atoms with Gasteiger partial charge in [-0.1, -0.05) is 40.7 Å². The van der Waals surface area contributed by atoms with Gasteiger partial charge in [-0.25, -0.2) is 4.98 Å². The van der Waals surface area contributed by atoms with Crippen LogP contribution in [-0.2, 0) is 19.6 Å². The van der Waals surface area contributed by atoms with Crippen LogP contribution in [-0.4, -0.2) is 20.1 Å². The predicted molar refractivity (Wildman–Crippen MR) is 125 cm³/mol. The third kappa shape index (κ3) is 5.75. The van der Waals surface area contributed by atoms with E-state index in [9.17, 15) is 5.11 Å². The molecular weight excluding hydrogens is 402 g/mol. The molecule has 0 fully saturated rings. The lowest BCUT2D eigenvalue weighted by atomic mass is 10.0. The molecule has 0 saturated carbocycles. The van der Waals surface area contributed by atoms with E-state index in [1.165, 1.54) is 0 Å². The van der Waals surface area contributed by atoms with Crippen LogP contribution < -0.4 is 9.47 Å². The molecule has 0 aliphatic carbocycles. The van der Waals surface area contributed by atoms with Crippen LogP contribution in [0.4, 0.5) is 0 Å². The molecule has 6 nitrogen and oxygen atoms in total. The standard InChI is InChI=1S/C26H33N3O3/c1-7-23-25(10-18(6)12-28-23)32-15-20-11-24(22(13-27-20)17(4)5)31-14-19-8-9-21(16(2)3)26(30)29-19/h8-13,16-17H,7,14-15H2,1-6H3,(H,29,30). The van der Waals surface area contributed by atoms with Gasteiger partial charge in [-0.2, -0.15) is 0 Å². The molecule has 1 N–H and O–H groups in total. The lowest BCUT2D eigenvalue weighted by Gasteiger charge is -2.16.